The molecular weight excluding hydrogens is 376 g/mol. The molecule has 2 heterocycles. The normalized spacial score (nSPS) is 10.7. The number of nitrogens with zero attached hydrogens (tertiary/aromatic N) is 2. The van der Waals surface area contributed by atoms with Crippen LogP contribution in [0.4, 0.5) is 5.69 Å². The summed E-state index contributed by atoms with van der Waals surface area (Å²) < 4.78 is 0. The number of thioether (sulfide) groups is 1. The fourth-order valence-corrected chi connectivity index (χ4v) is 3.80. The molecule has 2 aromatic carbocycles. The van der Waals surface area contributed by atoms with Crippen molar-refractivity contribution in [2.75, 3.05) is 11.1 Å². The third kappa shape index (κ3) is 4.45. The largest absolute Gasteiger partial charge is 0.325 e. The standard InChI is InChI=1S/C20H16N4OS2/c25-18(13-27-20-22-19(23-24-20)17-7-4-12-26-17)21-16-10-8-15(9-11-16)14-5-2-1-3-6-14/h1-12H,13H2,(H,21,25)(H,22,23,24). The van der Waals surface area contributed by atoms with Gasteiger partial charge in [-0.3, -0.25) is 9.89 Å². The Morgan fingerprint density at radius 3 is 2.52 bits per heavy atom. The minimum absolute atomic E-state index is 0.0880. The van der Waals surface area contributed by atoms with Crippen molar-refractivity contribution in [1.82, 2.24) is 15.2 Å². The van der Waals surface area contributed by atoms with E-state index in [0.29, 0.717) is 5.16 Å². The van der Waals surface area contributed by atoms with Gasteiger partial charge in [-0.15, -0.1) is 16.4 Å². The van der Waals surface area contributed by atoms with Crippen LogP contribution in [0.2, 0.25) is 0 Å². The topological polar surface area (TPSA) is 70.7 Å². The summed E-state index contributed by atoms with van der Waals surface area (Å²) in [7, 11) is 0. The van der Waals surface area contributed by atoms with Crippen LogP contribution >= 0.6 is 23.1 Å². The van der Waals surface area contributed by atoms with E-state index in [1.807, 2.05) is 60.0 Å². The van der Waals surface area contributed by atoms with Crippen LogP contribution in [0.1, 0.15) is 0 Å². The van der Waals surface area contributed by atoms with Crippen LogP contribution in [0, 0.1) is 0 Å². The van der Waals surface area contributed by atoms with Crippen LogP contribution in [0.5, 0.6) is 0 Å². The molecule has 0 saturated carbocycles. The average molecular weight is 393 g/mol. The molecule has 0 saturated heterocycles. The Morgan fingerprint density at radius 2 is 1.78 bits per heavy atom. The Morgan fingerprint density at radius 1 is 1.00 bits per heavy atom. The van der Waals surface area contributed by atoms with E-state index in [4.69, 9.17) is 0 Å². The summed E-state index contributed by atoms with van der Waals surface area (Å²) in [5.41, 5.74) is 3.04. The molecule has 0 spiro atoms. The van der Waals surface area contributed by atoms with E-state index in [1.54, 1.807) is 11.3 Å². The fourth-order valence-electron chi connectivity index (χ4n) is 2.54. The quantitative estimate of drug-likeness (QED) is 0.456. The first-order chi connectivity index (χ1) is 13.3. The number of nitrogens with one attached hydrogen (secondary N) is 2. The molecule has 27 heavy (non-hydrogen) atoms. The van der Waals surface area contributed by atoms with Crippen molar-refractivity contribution >= 4 is 34.7 Å². The maximum absolute atomic E-state index is 12.2. The summed E-state index contributed by atoms with van der Waals surface area (Å²) >= 11 is 2.90. The number of hydrogen-bond acceptors (Lipinski definition) is 5. The van der Waals surface area contributed by atoms with Crippen LogP contribution in [-0.4, -0.2) is 26.8 Å². The van der Waals surface area contributed by atoms with E-state index in [1.165, 1.54) is 11.8 Å². The molecule has 4 aromatic rings. The third-order valence-electron chi connectivity index (χ3n) is 3.83. The van der Waals surface area contributed by atoms with Crippen LogP contribution in [0.25, 0.3) is 21.8 Å². The highest BCUT2D eigenvalue weighted by molar-refractivity contribution is 7.99. The van der Waals surface area contributed by atoms with E-state index >= 15 is 0 Å². The summed E-state index contributed by atoms with van der Waals surface area (Å²) in [5, 5.41) is 12.5. The number of benzene rings is 2. The van der Waals surface area contributed by atoms with E-state index < -0.39 is 0 Å². The average Bonchev–Trinajstić information content (AvgIpc) is 3.39. The zero-order valence-electron chi connectivity index (χ0n) is 14.3. The predicted molar refractivity (Wildman–Crippen MR) is 111 cm³/mol. The van der Waals surface area contributed by atoms with Crippen molar-refractivity contribution in [2.24, 2.45) is 0 Å². The summed E-state index contributed by atoms with van der Waals surface area (Å²) in [4.78, 5) is 17.6. The van der Waals surface area contributed by atoms with Gasteiger partial charge in [-0.1, -0.05) is 60.3 Å². The lowest BCUT2D eigenvalue weighted by atomic mass is 10.1. The third-order valence-corrected chi connectivity index (χ3v) is 5.55. The number of aromatic amines is 1. The number of anilines is 1. The summed E-state index contributed by atoms with van der Waals surface area (Å²) in [6.45, 7) is 0. The second kappa shape index (κ2) is 8.20. The molecular formula is C20H16N4OS2. The Kier molecular flexibility index (Phi) is 5.32. The van der Waals surface area contributed by atoms with Crippen molar-refractivity contribution in [3.63, 3.8) is 0 Å². The fraction of sp³-hybridized carbons (Fsp3) is 0.0500. The summed E-state index contributed by atoms with van der Waals surface area (Å²) in [6, 6.07) is 21.9. The van der Waals surface area contributed by atoms with Crippen LogP contribution in [-0.2, 0) is 4.79 Å². The maximum Gasteiger partial charge on any atom is 0.234 e. The molecule has 0 atom stereocenters. The Bertz CT molecular complexity index is 1010. The number of carbonyl (C=O) groups is 1. The molecule has 5 nitrogen and oxygen atoms in total. The highest BCUT2D eigenvalue weighted by Crippen LogP contribution is 2.24. The number of H-pyrrole nitrogens is 1. The van der Waals surface area contributed by atoms with Crippen molar-refractivity contribution in [3.8, 4) is 21.8 Å². The molecule has 1 amide bonds. The van der Waals surface area contributed by atoms with Crippen LogP contribution < -0.4 is 5.32 Å². The zero-order valence-corrected chi connectivity index (χ0v) is 15.9. The van der Waals surface area contributed by atoms with Crippen molar-refractivity contribution in [2.45, 2.75) is 5.16 Å². The molecule has 4 rings (SSSR count). The van der Waals surface area contributed by atoms with Gasteiger partial charge in [-0.25, -0.2) is 4.98 Å². The Balaban J connectivity index is 1.32. The van der Waals surface area contributed by atoms with Crippen LogP contribution in [0.15, 0.2) is 77.3 Å². The molecule has 0 unspecified atom stereocenters. The molecule has 134 valence electrons. The predicted octanol–water partition coefficient (Wildman–Crippen LogP) is 4.93. The minimum atomic E-state index is -0.0880. The van der Waals surface area contributed by atoms with E-state index in [0.717, 1.165) is 27.5 Å². The Hall–Kier alpha value is -2.90. The molecule has 0 radical (unpaired) electrons. The van der Waals surface area contributed by atoms with Gasteiger partial charge in [-0.05, 0) is 34.7 Å². The lowest BCUT2D eigenvalue weighted by molar-refractivity contribution is -0.113. The van der Waals surface area contributed by atoms with Crippen LogP contribution in [0.3, 0.4) is 0 Å². The van der Waals surface area contributed by atoms with Crippen molar-refractivity contribution in [3.05, 3.63) is 72.1 Å². The lowest BCUT2D eigenvalue weighted by Crippen LogP contribution is -2.14. The van der Waals surface area contributed by atoms with Gasteiger partial charge < -0.3 is 5.32 Å². The van der Waals surface area contributed by atoms with E-state index in [2.05, 4.69) is 32.6 Å². The summed E-state index contributed by atoms with van der Waals surface area (Å²) in [6.07, 6.45) is 0. The molecule has 0 aliphatic carbocycles. The molecule has 7 heteroatoms. The SMILES string of the molecule is O=C(CSc1n[nH]c(-c2cccs2)n1)Nc1ccc(-c2ccccc2)cc1. The van der Waals surface area contributed by atoms with Gasteiger partial charge in [0.2, 0.25) is 11.1 Å². The van der Waals surface area contributed by atoms with Crippen molar-refractivity contribution in [1.29, 1.82) is 0 Å². The monoisotopic (exact) mass is 392 g/mol. The Labute approximate surface area is 164 Å². The second-order valence-corrected chi connectivity index (χ2v) is 7.61. The van der Waals surface area contributed by atoms with E-state index in [-0.39, 0.29) is 11.7 Å². The first-order valence-corrected chi connectivity index (χ1v) is 10.2. The first-order valence-electron chi connectivity index (χ1n) is 8.32. The molecule has 0 aliphatic heterocycles. The lowest BCUT2D eigenvalue weighted by Gasteiger charge is -2.06. The number of aromatic nitrogens is 3. The number of hydrogen-bond donors (Lipinski definition) is 2. The minimum Gasteiger partial charge on any atom is -0.325 e. The maximum atomic E-state index is 12.2. The smallest absolute Gasteiger partial charge is 0.234 e. The highest BCUT2D eigenvalue weighted by atomic mass is 32.2. The molecule has 2 aromatic heterocycles. The van der Waals surface area contributed by atoms with Gasteiger partial charge >= 0.3 is 0 Å². The molecule has 0 aliphatic rings. The van der Waals surface area contributed by atoms with Crippen molar-refractivity contribution < 1.29 is 4.79 Å². The van der Waals surface area contributed by atoms with Gasteiger partial charge in [0.25, 0.3) is 0 Å². The molecule has 0 fully saturated rings. The second-order valence-electron chi connectivity index (χ2n) is 5.72. The number of thiophene rings is 1. The zero-order chi connectivity index (χ0) is 18.5. The van der Waals surface area contributed by atoms with Gasteiger partial charge in [0.05, 0.1) is 10.6 Å². The van der Waals surface area contributed by atoms with Gasteiger partial charge in [0.1, 0.15) is 0 Å². The van der Waals surface area contributed by atoms with E-state index in [9.17, 15) is 4.79 Å². The number of amides is 1. The first kappa shape index (κ1) is 17.5. The summed E-state index contributed by atoms with van der Waals surface area (Å²) in [5.74, 6) is 0.890. The van der Waals surface area contributed by atoms with Gasteiger partial charge in [0, 0.05) is 5.69 Å². The van der Waals surface area contributed by atoms with Gasteiger partial charge in [-0.2, -0.15) is 0 Å². The molecule has 2 N–H and O–H groups in total. The molecule has 0 bridgehead atoms. The number of carbonyl (C=O) groups excluding carboxylic acids is 1. The van der Waals surface area contributed by atoms with Gasteiger partial charge in [0.15, 0.2) is 5.82 Å². The number of rotatable bonds is 6. The highest BCUT2D eigenvalue weighted by Gasteiger charge is 2.10.